The van der Waals surface area contributed by atoms with Gasteiger partial charge in [0.25, 0.3) is 0 Å². The minimum atomic E-state index is -2.10. The Morgan fingerprint density at radius 2 is 1.72 bits per heavy atom. The number of hydrogen-bond donors (Lipinski definition) is 1. The van der Waals surface area contributed by atoms with Gasteiger partial charge in [0.2, 0.25) is 0 Å². The van der Waals surface area contributed by atoms with Crippen molar-refractivity contribution >= 4 is 59.3 Å². The van der Waals surface area contributed by atoms with Crippen molar-refractivity contribution in [2.24, 2.45) is 0 Å². The van der Waals surface area contributed by atoms with Crippen LogP contribution in [0.1, 0.15) is 73.0 Å². The molecule has 3 heterocycles. The summed E-state index contributed by atoms with van der Waals surface area (Å²) in [6.45, 7) is 22.3. The van der Waals surface area contributed by atoms with Gasteiger partial charge in [-0.1, -0.05) is 32.4 Å². The molecule has 12 heteroatoms. The molecule has 1 N–H and O–H groups in total. The Morgan fingerprint density at radius 3 is 2.28 bits per heavy atom. The normalized spacial score (nSPS) is 13.6. The molecule has 3 rings (SSSR count). The molecule has 0 aliphatic rings. The number of nitrogens with zero attached hydrogens (tertiary/aromatic N) is 2. The van der Waals surface area contributed by atoms with Crippen LogP contribution in [0.2, 0.25) is 23.3 Å². The fourth-order valence-electron chi connectivity index (χ4n) is 3.84. The van der Waals surface area contributed by atoms with E-state index in [4.69, 9.17) is 29.9 Å². The summed E-state index contributed by atoms with van der Waals surface area (Å²) in [5.41, 5.74) is -0.149. The number of thiophene rings is 1. The first-order valence-electron chi connectivity index (χ1n) is 14.4. The van der Waals surface area contributed by atoms with Gasteiger partial charge in [-0.25, -0.2) is 14.6 Å². The maximum Gasteiger partial charge on any atom is 0.415 e. The van der Waals surface area contributed by atoms with Gasteiger partial charge in [-0.2, -0.15) is 0 Å². The zero-order chi connectivity index (χ0) is 32.4. The molecule has 238 valence electrons. The van der Waals surface area contributed by atoms with Crippen LogP contribution in [0.25, 0.3) is 10.2 Å². The highest BCUT2D eigenvalue weighted by Gasteiger charge is 2.38. The number of fused-ring (bicyclic) bond motifs is 1. The number of amides is 2. The zero-order valence-corrected chi connectivity index (χ0v) is 29.8. The fraction of sp³-hybridized carbons (Fsp3) is 0.581. The van der Waals surface area contributed by atoms with Gasteiger partial charge in [-0.05, 0) is 77.9 Å². The van der Waals surface area contributed by atoms with Crippen molar-refractivity contribution in [3.05, 3.63) is 46.3 Å². The summed E-state index contributed by atoms with van der Waals surface area (Å²) in [4.78, 5) is 33.3. The average molecular weight is 652 g/mol. The molecule has 0 bridgehead atoms. The number of nitrogens with one attached hydrogen (secondary N) is 1. The number of halogens is 1. The third kappa shape index (κ3) is 10.2. The van der Waals surface area contributed by atoms with E-state index in [9.17, 15) is 9.59 Å². The second-order valence-electron chi connectivity index (χ2n) is 14.2. The predicted molar refractivity (Wildman–Crippen MR) is 176 cm³/mol. The molecule has 0 spiro atoms. The van der Waals surface area contributed by atoms with Crippen LogP contribution in [0, 0.1) is 0 Å². The second kappa shape index (κ2) is 13.2. The van der Waals surface area contributed by atoms with Gasteiger partial charge in [-0.15, -0.1) is 11.3 Å². The molecule has 0 saturated heterocycles. The second-order valence-corrected chi connectivity index (χ2v) is 20.5. The Hall–Kier alpha value is -2.60. The SMILES string of the molecule is CC(C)(C)OC(=O)N[C@@H](CO[Si](C)(C)C(C)(C)C)Cc1cc2nc(Cl)cc(N(Cc3ccco3)C(=O)OC(C)(C)C)c2s1. The molecule has 43 heavy (non-hydrogen) atoms. The molecule has 0 aliphatic heterocycles. The Kier molecular flexibility index (Phi) is 10.7. The Labute approximate surface area is 265 Å². The summed E-state index contributed by atoms with van der Waals surface area (Å²) in [6, 6.07) is 6.80. The van der Waals surface area contributed by atoms with Crippen LogP contribution in [-0.4, -0.2) is 49.3 Å². The van der Waals surface area contributed by atoms with Crippen molar-refractivity contribution in [2.45, 2.75) is 111 Å². The van der Waals surface area contributed by atoms with E-state index in [1.807, 2.05) is 47.6 Å². The molecule has 0 saturated carbocycles. The molecular weight excluding hydrogens is 606 g/mol. The summed E-state index contributed by atoms with van der Waals surface area (Å²) in [5, 5.41) is 3.26. The van der Waals surface area contributed by atoms with Crippen molar-refractivity contribution in [1.82, 2.24) is 10.3 Å². The highest BCUT2D eigenvalue weighted by molar-refractivity contribution is 7.19. The van der Waals surface area contributed by atoms with Gasteiger partial charge in [0.15, 0.2) is 8.32 Å². The third-order valence-corrected chi connectivity index (χ3v) is 12.8. The molecule has 3 aromatic heterocycles. The Bertz CT molecular complexity index is 1400. The van der Waals surface area contributed by atoms with Crippen molar-refractivity contribution in [3.63, 3.8) is 0 Å². The van der Waals surface area contributed by atoms with Gasteiger partial charge in [-0.3, -0.25) is 4.90 Å². The number of alkyl carbamates (subject to hydrolysis) is 1. The van der Waals surface area contributed by atoms with Crippen LogP contribution in [-0.2, 0) is 26.9 Å². The van der Waals surface area contributed by atoms with Crippen LogP contribution >= 0.6 is 22.9 Å². The molecule has 0 radical (unpaired) electrons. The summed E-state index contributed by atoms with van der Waals surface area (Å²) in [6.07, 6.45) is 0.991. The quantitative estimate of drug-likeness (QED) is 0.182. The summed E-state index contributed by atoms with van der Waals surface area (Å²) in [7, 11) is -2.10. The predicted octanol–water partition coefficient (Wildman–Crippen LogP) is 8.94. The van der Waals surface area contributed by atoms with Gasteiger partial charge in [0.1, 0.15) is 22.1 Å². The molecule has 0 aliphatic carbocycles. The maximum absolute atomic E-state index is 13.4. The Balaban J connectivity index is 1.99. The summed E-state index contributed by atoms with van der Waals surface area (Å²) >= 11 is 7.96. The van der Waals surface area contributed by atoms with Gasteiger partial charge >= 0.3 is 12.2 Å². The smallest absolute Gasteiger partial charge is 0.415 e. The molecular formula is C31H46ClN3O6SSi. The molecule has 0 aromatic carbocycles. The first-order chi connectivity index (χ1) is 19.6. The van der Waals surface area contributed by atoms with Crippen molar-refractivity contribution in [3.8, 4) is 0 Å². The number of hydrogen-bond acceptors (Lipinski definition) is 8. The number of rotatable bonds is 9. The van der Waals surface area contributed by atoms with E-state index in [0.717, 1.165) is 9.58 Å². The number of ether oxygens (including phenoxy) is 2. The lowest BCUT2D eigenvalue weighted by Gasteiger charge is -2.37. The van der Waals surface area contributed by atoms with Gasteiger partial charge in [0.05, 0.1) is 41.4 Å². The van der Waals surface area contributed by atoms with Crippen LogP contribution in [0.5, 0.6) is 0 Å². The molecule has 0 unspecified atom stereocenters. The van der Waals surface area contributed by atoms with E-state index in [1.54, 1.807) is 24.5 Å². The van der Waals surface area contributed by atoms with E-state index in [1.165, 1.54) is 16.2 Å². The number of carbonyl (C=O) groups is 2. The molecule has 1 atom stereocenters. The lowest BCUT2D eigenvalue weighted by Crippen LogP contribution is -2.47. The number of aromatic nitrogens is 1. The third-order valence-electron chi connectivity index (χ3n) is 6.90. The maximum atomic E-state index is 13.4. The molecule has 9 nitrogen and oxygen atoms in total. The summed E-state index contributed by atoms with van der Waals surface area (Å²) in [5.74, 6) is 0.591. The number of carbonyl (C=O) groups excluding carboxylic acids is 2. The zero-order valence-electron chi connectivity index (χ0n) is 27.2. The molecule has 0 fully saturated rings. The Morgan fingerprint density at radius 1 is 1.07 bits per heavy atom. The highest BCUT2D eigenvalue weighted by Crippen LogP contribution is 2.38. The summed E-state index contributed by atoms with van der Waals surface area (Å²) < 4.78 is 24.1. The lowest BCUT2D eigenvalue weighted by atomic mass is 10.2. The fourth-order valence-corrected chi connectivity index (χ4v) is 6.29. The van der Waals surface area contributed by atoms with E-state index in [0.29, 0.717) is 30.0 Å². The number of anilines is 1. The van der Waals surface area contributed by atoms with E-state index in [-0.39, 0.29) is 22.8 Å². The van der Waals surface area contributed by atoms with Crippen molar-refractivity contribution in [2.75, 3.05) is 11.5 Å². The van der Waals surface area contributed by atoms with Crippen molar-refractivity contribution in [1.29, 1.82) is 0 Å². The van der Waals surface area contributed by atoms with E-state index in [2.05, 4.69) is 44.2 Å². The lowest BCUT2D eigenvalue weighted by molar-refractivity contribution is 0.0484. The first-order valence-corrected chi connectivity index (χ1v) is 18.5. The number of furan rings is 1. The van der Waals surface area contributed by atoms with E-state index < -0.39 is 31.7 Å². The molecule has 3 aromatic rings. The standard InChI is InChI=1S/C31H46ClN3O6SSi/c1-29(2,3)40-27(36)33-20(19-39-43(10,11)31(7,8)9)15-22-16-23-26(42-22)24(17-25(32)34-23)35(18-21-13-12-14-38-21)28(37)41-30(4,5)6/h12-14,16-17,20H,15,18-19H2,1-11H3,(H,33,36)/t20-/m1/s1. The van der Waals surface area contributed by atoms with Gasteiger partial charge < -0.3 is 23.6 Å². The minimum Gasteiger partial charge on any atom is -0.467 e. The first kappa shape index (κ1) is 34.9. The van der Waals surface area contributed by atoms with Crippen LogP contribution < -0.4 is 10.2 Å². The average Bonchev–Trinajstić information content (AvgIpc) is 3.47. The topological polar surface area (TPSA) is 103 Å². The number of pyridine rings is 1. The van der Waals surface area contributed by atoms with E-state index >= 15 is 0 Å². The van der Waals surface area contributed by atoms with Crippen molar-refractivity contribution < 1.29 is 27.9 Å². The van der Waals surface area contributed by atoms with Crippen LogP contribution in [0.3, 0.4) is 0 Å². The largest absolute Gasteiger partial charge is 0.467 e. The monoisotopic (exact) mass is 651 g/mol. The minimum absolute atomic E-state index is 0.00969. The molecule has 2 amide bonds. The van der Waals surface area contributed by atoms with Gasteiger partial charge in [0, 0.05) is 17.4 Å². The van der Waals surface area contributed by atoms with Crippen LogP contribution in [0.4, 0.5) is 15.3 Å². The highest BCUT2D eigenvalue weighted by atomic mass is 35.5. The van der Waals surface area contributed by atoms with Crippen LogP contribution in [0.15, 0.2) is 34.9 Å².